The normalized spacial score (nSPS) is 12.5. The largest absolute Gasteiger partial charge is 0.507 e. The molecule has 0 bridgehead atoms. The highest BCUT2D eigenvalue weighted by molar-refractivity contribution is 5.56. The molecule has 0 atom stereocenters. The minimum atomic E-state index is -0.188. The summed E-state index contributed by atoms with van der Waals surface area (Å²) in [6.07, 6.45) is 8.54. The molecule has 0 aliphatic rings. The number of hydrogen-bond acceptors (Lipinski definition) is 4. The van der Waals surface area contributed by atoms with Crippen LogP contribution in [-0.4, -0.2) is 33.6 Å². The number of hydrogen-bond donors (Lipinski definition) is 4. The van der Waals surface area contributed by atoms with Crippen molar-refractivity contribution in [3.05, 3.63) is 57.6 Å². The quantitative estimate of drug-likeness (QED) is 0.167. The monoisotopic (exact) mass is 526 g/mol. The molecule has 0 aromatic heterocycles. The maximum atomic E-state index is 11.8. The van der Waals surface area contributed by atoms with E-state index < -0.39 is 0 Å². The van der Waals surface area contributed by atoms with E-state index in [4.69, 9.17) is 0 Å². The highest BCUT2D eigenvalue weighted by atomic mass is 16.3. The van der Waals surface area contributed by atoms with Crippen LogP contribution >= 0.6 is 0 Å². The fourth-order valence-corrected chi connectivity index (χ4v) is 5.32. The molecule has 4 N–H and O–H groups in total. The van der Waals surface area contributed by atoms with Crippen LogP contribution in [0.15, 0.2) is 24.3 Å². The van der Waals surface area contributed by atoms with Gasteiger partial charge in [0.1, 0.15) is 11.5 Å². The third-order valence-electron chi connectivity index (χ3n) is 8.70. The van der Waals surface area contributed by atoms with Crippen molar-refractivity contribution in [3.63, 3.8) is 0 Å². The summed E-state index contributed by atoms with van der Waals surface area (Å²) >= 11 is 0. The van der Waals surface area contributed by atoms with Gasteiger partial charge in [0.25, 0.3) is 0 Å². The standard InChI is InChI=1S/C34H54O4/c1-8-15-26(27-20-24(16-11-13-18-35)22-29(31(27)37)33(4,5)9-2)28-21-25(17-12-14-19-36)23-30(32(28)38)34(6,7)10-3/h20-23,26,35-38H,8-19H2,1-7H3. The summed E-state index contributed by atoms with van der Waals surface area (Å²) in [6.45, 7) is 15.6. The predicted molar refractivity (Wildman–Crippen MR) is 160 cm³/mol. The van der Waals surface area contributed by atoms with E-state index in [1.807, 2.05) is 0 Å². The molecule has 4 heteroatoms. The van der Waals surface area contributed by atoms with E-state index in [0.29, 0.717) is 11.5 Å². The zero-order chi connectivity index (χ0) is 28.5. The van der Waals surface area contributed by atoms with E-state index in [0.717, 1.165) is 86.5 Å². The number of rotatable bonds is 16. The minimum absolute atomic E-state index is 0.131. The van der Waals surface area contributed by atoms with E-state index in [1.54, 1.807) is 0 Å². The SMILES string of the molecule is CCCC(c1cc(CCCCO)cc(C(C)(C)CC)c1O)c1cc(CCCCO)cc(C(C)(C)CC)c1O. The second kappa shape index (κ2) is 14.4. The smallest absolute Gasteiger partial charge is 0.123 e. The molecule has 2 rings (SSSR count). The lowest BCUT2D eigenvalue weighted by Gasteiger charge is -2.31. The van der Waals surface area contributed by atoms with Crippen LogP contribution in [0.2, 0.25) is 0 Å². The topological polar surface area (TPSA) is 80.9 Å². The molecule has 0 aliphatic heterocycles. The Kier molecular flexibility index (Phi) is 12.2. The van der Waals surface area contributed by atoms with Crippen LogP contribution in [0, 0.1) is 0 Å². The Morgan fingerprint density at radius 2 is 1.03 bits per heavy atom. The molecule has 2 aromatic carbocycles. The van der Waals surface area contributed by atoms with E-state index in [2.05, 4.69) is 72.7 Å². The molecule has 0 radical (unpaired) electrons. The summed E-state index contributed by atoms with van der Waals surface area (Å²) in [4.78, 5) is 0. The molecule has 0 unspecified atom stereocenters. The van der Waals surface area contributed by atoms with Crippen LogP contribution < -0.4 is 0 Å². The first-order chi connectivity index (χ1) is 18.0. The fraction of sp³-hybridized carbons (Fsp3) is 0.647. The van der Waals surface area contributed by atoms with Crippen molar-refractivity contribution in [1.29, 1.82) is 0 Å². The second-order valence-electron chi connectivity index (χ2n) is 12.3. The van der Waals surface area contributed by atoms with E-state index >= 15 is 0 Å². The Morgan fingerprint density at radius 3 is 1.34 bits per heavy atom. The highest BCUT2D eigenvalue weighted by Crippen LogP contribution is 2.47. The predicted octanol–water partition coefficient (Wildman–Crippen LogP) is 8.04. The van der Waals surface area contributed by atoms with Crippen molar-refractivity contribution in [2.75, 3.05) is 13.2 Å². The zero-order valence-corrected chi connectivity index (χ0v) is 25.2. The van der Waals surface area contributed by atoms with Gasteiger partial charge < -0.3 is 20.4 Å². The molecular formula is C34H54O4. The molecule has 2 aromatic rings. The van der Waals surface area contributed by atoms with Gasteiger partial charge in [0.05, 0.1) is 0 Å². The molecular weight excluding hydrogens is 472 g/mol. The number of aryl methyl sites for hydroxylation is 2. The summed E-state index contributed by atoms with van der Waals surface area (Å²) in [5.41, 5.74) is 5.70. The van der Waals surface area contributed by atoms with Gasteiger partial charge in [-0.1, -0.05) is 79.2 Å². The molecule has 4 nitrogen and oxygen atoms in total. The van der Waals surface area contributed by atoms with E-state index in [9.17, 15) is 20.4 Å². The minimum Gasteiger partial charge on any atom is -0.507 e. The van der Waals surface area contributed by atoms with Crippen molar-refractivity contribution in [1.82, 2.24) is 0 Å². The van der Waals surface area contributed by atoms with Crippen LogP contribution in [0.4, 0.5) is 0 Å². The first-order valence-electron chi connectivity index (χ1n) is 14.9. The van der Waals surface area contributed by atoms with Crippen LogP contribution in [0.3, 0.4) is 0 Å². The summed E-state index contributed by atoms with van der Waals surface area (Å²) in [6, 6.07) is 8.59. The summed E-state index contributed by atoms with van der Waals surface area (Å²) in [5.74, 6) is 0.568. The number of phenolic OH excluding ortho intramolecular Hbond substituents is 2. The first kappa shape index (κ1) is 32.2. The molecule has 38 heavy (non-hydrogen) atoms. The van der Waals surface area contributed by atoms with Gasteiger partial charge in [0, 0.05) is 41.4 Å². The Bertz CT molecular complexity index is 942. The maximum absolute atomic E-state index is 11.8. The Labute approximate surface area is 232 Å². The highest BCUT2D eigenvalue weighted by Gasteiger charge is 2.31. The van der Waals surface area contributed by atoms with E-state index in [1.165, 1.54) is 11.1 Å². The number of aromatic hydroxyl groups is 2. The molecule has 0 saturated heterocycles. The maximum Gasteiger partial charge on any atom is 0.123 e. The van der Waals surface area contributed by atoms with Crippen LogP contribution in [-0.2, 0) is 23.7 Å². The summed E-state index contributed by atoms with van der Waals surface area (Å²) < 4.78 is 0. The van der Waals surface area contributed by atoms with Gasteiger partial charge in [0.15, 0.2) is 0 Å². The van der Waals surface area contributed by atoms with Crippen molar-refractivity contribution >= 4 is 0 Å². The number of unbranched alkanes of at least 4 members (excludes halogenated alkanes) is 2. The zero-order valence-electron chi connectivity index (χ0n) is 25.2. The Balaban J connectivity index is 2.81. The number of aliphatic hydroxyl groups excluding tert-OH is 2. The molecule has 0 amide bonds. The molecule has 0 aliphatic carbocycles. The average Bonchev–Trinajstić information content (AvgIpc) is 2.89. The van der Waals surface area contributed by atoms with Gasteiger partial charge in [-0.15, -0.1) is 0 Å². The van der Waals surface area contributed by atoms with Gasteiger partial charge in [-0.3, -0.25) is 0 Å². The van der Waals surface area contributed by atoms with Gasteiger partial charge in [-0.25, -0.2) is 0 Å². The Morgan fingerprint density at radius 1 is 0.632 bits per heavy atom. The average molecular weight is 527 g/mol. The molecule has 0 heterocycles. The van der Waals surface area contributed by atoms with Crippen LogP contribution in [0.5, 0.6) is 11.5 Å². The Hall–Kier alpha value is -2.04. The second-order valence-corrected chi connectivity index (χ2v) is 12.3. The van der Waals surface area contributed by atoms with Crippen molar-refractivity contribution in [2.24, 2.45) is 0 Å². The van der Waals surface area contributed by atoms with Crippen LogP contribution in [0.1, 0.15) is 139 Å². The lowest BCUT2D eigenvalue weighted by Crippen LogP contribution is -2.19. The van der Waals surface area contributed by atoms with Crippen molar-refractivity contribution in [2.45, 2.75) is 129 Å². The van der Waals surface area contributed by atoms with Crippen LogP contribution in [0.25, 0.3) is 0 Å². The molecule has 0 spiro atoms. The van der Waals surface area contributed by atoms with Crippen molar-refractivity contribution in [3.8, 4) is 11.5 Å². The van der Waals surface area contributed by atoms with Crippen molar-refractivity contribution < 1.29 is 20.4 Å². The third kappa shape index (κ3) is 7.76. The van der Waals surface area contributed by atoms with Gasteiger partial charge in [-0.2, -0.15) is 0 Å². The molecule has 0 fully saturated rings. The van der Waals surface area contributed by atoms with Gasteiger partial charge in [0.2, 0.25) is 0 Å². The first-order valence-corrected chi connectivity index (χ1v) is 14.9. The molecule has 214 valence electrons. The van der Waals surface area contributed by atoms with E-state index in [-0.39, 0.29) is 30.0 Å². The summed E-state index contributed by atoms with van der Waals surface area (Å²) in [5, 5.41) is 42.2. The molecule has 0 saturated carbocycles. The lowest BCUT2D eigenvalue weighted by atomic mass is 9.74. The summed E-state index contributed by atoms with van der Waals surface area (Å²) in [7, 11) is 0. The fourth-order valence-electron chi connectivity index (χ4n) is 5.32. The number of phenols is 2. The third-order valence-corrected chi connectivity index (χ3v) is 8.70. The number of aliphatic hydroxyl groups is 2. The number of benzene rings is 2. The lowest BCUT2D eigenvalue weighted by molar-refractivity contribution is 0.284. The van der Waals surface area contributed by atoms with Gasteiger partial charge in [-0.05, 0) is 79.7 Å². The van der Waals surface area contributed by atoms with Gasteiger partial charge >= 0.3 is 0 Å².